The van der Waals surface area contributed by atoms with E-state index in [-0.39, 0.29) is 35.6 Å². The number of esters is 1. The Morgan fingerprint density at radius 3 is 2.52 bits per heavy atom. The number of amides is 1. The number of ether oxygens (including phenoxy) is 1. The van der Waals surface area contributed by atoms with Gasteiger partial charge in [0.25, 0.3) is 0 Å². The molecular weight excluding hydrogens is 492 g/mol. The Bertz CT molecular complexity index is 1020. The Kier molecular flexibility index (Phi) is 9.15. The quantitative estimate of drug-likeness (QED) is 0.256. The molecule has 0 fully saturated rings. The molecule has 2 aromatic rings. The fourth-order valence-corrected chi connectivity index (χ4v) is 3.20. The molecule has 1 amide bonds. The minimum absolute atomic E-state index is 0.000651. The Balaban J connectivity index is 1.84. The summed E-state index contributed by atoms with van der Waals surface area (Å²) >= 11 is 3.35. The van der Waals surface area contributed by atoms with Gasteiger partial charge in [0.2, 0.25) is 21.9 Å². The summed E-state index contributed by atoms with van der Waals surface area (Å²) in [5.74, 6) is 0.295. The zero-order valence-corrected chi connectivity index (χ0v) is 19.1. The predicted octanol–water partition coefficient (Wildman–Crippen LogP) is 1.50. The zero-order valence-electron chi connectivity index (χ0n) is 16.7. The van der Waals surface area contributed by atoms with E-state index in [0.717, 1.165) is 0 Å². The number of hydrogen-bond acceptors (Lipinski definition) is 9. The van der Waals surface area contributed by atoms with Crippen LogP contribution in [0.5, 0.6) is 0 Å². The highest BCUT2D eigenvalue weighted by Crippen LogP contribution is 2.22. The summed E-state index contributed by atoms with van der Waals surface area (Å²) < 4.78 is 27.8. The maximum atomic E-state index is 11.9. The maximum Gasteiger partial charge on any atom is 0.305 e. The fraction of sp³-hybridized carbons (Fsp3) is 0.333. The van der Waals surface area contributed by atoms with Crippen molar-refractivity contribution in [2.45, 2.75) is 24.2 Å². The van der Waals surface area contributed by atoms with E-state index in [2.05, 4.69) is 46.6 Å². The summed E-state index contributed by atoms with van der Waals surface area (Å²) in [5, 5.41) is 13.8. The summed E-state index contributed by atoms with van der Waals surface area (Å²) in [5.41, 5.74) is 0.576. The van der Waals surface area contributed by atoms with E-state index in [1.54, 1.807) is 18.3 Å². The molecule has 11 nitrogen and oxygen atoms in total. The van der Waals surface area contributed by atoms with Gasteiger partial charge in [0, 0.05) is 37.8 Å². The third-order valence-corrected chi connectivity index (χ3v) is 5.44. The van der Waals surface area contributed by atoms with Crippen LogP contribution in [0, 0.1) is 0 Å². The van der Waals surface area contributed by atoms with Crippen molar-refractivity contribution in [2.24, 2.45) is 5.14 Å². The number of nitrogens with zero attached hydrogens (tertiary/aromatic N) is 2. The van der Waals surface area contributed by atoms with Gasteiger partial charge >= 0.3 is 5.97 Å². The Morgan fingerprint density at radius 1 is 1.16 bits per heavy atom. The molecule has 0 saturated carbocycles. The molecule has 0 aliphatic rings. The van der Waals surface area contributed by atoms with E-state index in [1.807, 2.05) is 0 Å². The molecule has 5 N–H and O–H groups in total. The molecule has 0 unspecified atom stereocenters. The van der Waals surface area contributed by atoms with E-state index >= 15 is 0 Å². The van der Waals surface area contributed by atoms with Gasteiger partial charge in [-0.05, 0) is 46.6 Å². The number of methoxy groups -OCH3 is 1. The standard InChI is InChI=1S/C18H23BrN6O5S/c1-30-16(27)3-2-9-21-15(26)8-10-22-17-14(19)11-23-18(25-17)24-12-4-6-13(7-5-12)31(20,28)29/h4-7,11H,2-3,8-10H2,1H3,(H,21,26)(H2,20,28,29)(H2,22,23,24,25). The summed E-state index contributed by atoms with van der Waals surface area (Å²) in [6, 6.07) is 5.84. The maximum absolute atomic E-state index is 11.9. The Morgan fingerprint density at radius 2 is 1.87 bits per heavy atom. The van der Waals surface area contributed by atoms with Crippen molar-refractivity contribution < 1.29 is 22.7 Å². The van der Waals surface area contributed by atoms with Crippen molar-refractivity contribution in [3.05, 3.63) is 34.9 Å². The lowest BCUT2D eigenvalue weighted by molar-refractivity contribution is -0.140. The minimum Gasteiger partial charge on any atom is -0.469 e. The van der Waals surface area contributed by atoms with Crippen LogP contribution in [0.1, 0.15) is 19.3 Å². The predicted molar refractivity (Wildman–Crippen MR) is 118 cm³/mol. The monoisotopic (exact) mass is 514 g/mol. The van der Waals surface area contributed by atoms with Gasteiger partial charge in [-0.1, -0.05) is 0 Å². The molecule has 1 aromatic carbocycles. The highest BCUT2D eigenvalue weighted by molar-refractivity contribution is 9.10. The smallest absolute Gasteiger partial charge is 0.305 e. The molecule has 31 heavy (non-hydrogen) atoms. The number of aromatic nitrogens is 2. The molecule has 1 heterocycles. The van der Waals surface area contributed by atoms with Gasteiger partial charge in [-0.2, -0.15) is 4.98 Å². The number of nitrogens with two attached hydrogens (primary N) is 1. The van der Waals surface area contributed by atoms with Crippen LogP contribution in [0.4, 0.5) is 17.5 Å². The number of nitrogens with one attached hydrogen (secondary N) is 3. The van der Waals surface area contributed by atoms with Crippen LogP contribution < -0.4 is 21.1 Å². The zero-order chi connectivity index (χ0) is 22.9. The van der Waals surface area contributed by atoms with Gasteiger partial charge in [0.1, 0.15) is 5.82 Å². The number of benzene rings is 1. The third kappa shape index (κ3) is 8.47. The highest BCUT2D eigenvalue weighted by atomic mass is 79.9. The second-order valence-electron chi connectivity index (χ2n) is 6.29. The number of primary sulfonamides is 1. The lowest BCUT2D eigenvalue weighted by atomic mass is 10.3. The van der Waals surface area contributed by atoms with Gasteiger partial charge in [-0.15, -0.1) is 0 Å². The number of anilines is 3. The second-order valence-corrected chi connectivity index (χ2v) is 8.71. The fourth-order valence-electron chi connectivity index (χ4n) is 2.35. The minimum atomic E-state index is -3.76. The van der Waals surface area contributed by atoms with Crippen LogP contribution in [0.3, 0.4) is 0 Å². The highest BCUT2D eigenvalue weighted by Gasteiger charge is 2.09. The van der Waals surface area contributed by atoms with Crippen molar-refractivity contribution in [3.8, 4) is 0 Å². The van der Waals surface area contributed by atoms with Crippen LogP contribution in [-0.4, -0.2) is 50.5 Å². The number of carbonyl (C=O) groups excluding carboxylic acids is 2. The normalized spacial score (nSPS) is 10.9. The van der Waals surface area contributed by atoms with E-state index in [1.165, 1.54) is 19.2 Å². The molecule has 0 bridgehead atoms. The van der Waals surface area contributed by atoms with Crippen molar-refractivity contribution in [1.29, 1.82) is 0 Å². The van der Waals surface area contributed by atoms with Crippen molar-refractivity contribution in [2.75, 3.05) is 30.8 Å². The molecule has 0 radical (unpaired) electrons. The Hall–Kier alpha value is -2.77. The topological polar surface area (TPSA) is 165 Å². The number of hydrogen-bond donors (Lipinski definition) is 4. The summed E-state index contributed by atoms with van der Waals surface area (Å²) in [6.07, 6.45) is 2.52. The van der Waals surface area contributed by atoms with Crippen molar-refractivity contribution in [3.63, 3.8) is 0 Å². The average Bonchev–Trinajstić information content (AvgIpc) is 2.73. The van der Waals surface area contributed by atoms with Gasteiger partial charge in [-0.3, -0.25) is 9.59 Å². The first-order valence-corrected chi connectivity index (χ1v) is 11.5. The van der Waals surface area contributed by atoms with E-state index in [4.69, 9.17) is 5.14 Å². The lowest BCUT2D eigenvalue weighted by Crippen LogP contribution is -2.26. The molecule has 2 rings (SSSR count). The van der Waals surface area contributed by atoms with Crippen LogP contribution >= 0.6 is 15.9 Å². The molecule has 0 saturated heterocycles. The van der Waals surface area contributed by atoms with E-state index in [9.17, 15) is 18.0 Å². The van der Waals surface area contributed by atoms with Gasteiger partial charge in [0.15, 0.2) is 0 Å². The van der Waals surface area contributed by atoms with Crippen LogP contribution in [0.15, 0.2) is 39.8 Å². The first kappa shape index (κ1) is 24.5. The van der Waals surface area contributed by atoms with Crippen molar-refractivity contribution in [1.82, 2.24) is 15.3 Å². The Labute approximate surface area is 188 Å². The molecule has 168 valence electrons. The third-order valence-electron chi connectivity index (χ3n) is 3.94. The number of halogens is 1. The number of carbonyl (C=O) groups is 2. The van der Waals surface area contributed by atoms with E-state index in [0.29, 0.717) is 35.5 Å². The first-order chi connectivity index (χ1) is 14.7. The van der Waals surface area contributed by atoms with Crippen LogP contribution in [0.25, 0.3) is 0 Å². The second kappa shape index (κ2) is 11.6. The largest absolute Gasteiger partial charge is 0.469 e. The van der Waals surface area contributed by atoms with Gasteiger partial charge in [-0.25, -0.2) is 18.5 Å². The molecule has 0 atom stereocenters. The summed E-state index contributed by atoms with van der Waals surface area (Å²) in [7, 11) is -2.44. The molecule has 0 aliphatic heterocycles. The molecule has 0 spiro atoms. The first-order valence-electron chi connectivity index (χ1n) is 9.19. The van der Waals surface area contributed by atoms with Crippen LogP contribution in [0.2, 0.25) is 0 Å². The SMILES string of the molecule is COC(=O)CCCNC(=O)CCNc1nc(Nc2ccc(S(N)(=O)=O)cc2)ncc1Br. The van der Waals surface area contributed by atoms with Gasteiger partial charge < -0.3 is 20.7 Å². The molecule has 1 aromatic heterocycles. The van der Waals surface area contributed by atoms with Crippen LogP contribution in [-0.2, 0) is 24.3 Å². The molecule has 13 heteroatoms. The average molecular weight is 515 g/mol. The van der Waals surface area contributed by atoms with E-state index < -0.39 is 10.0 Å². The molecule has 0 aliphatic carbocycles. The lowest BCUT2D eigenvalue weighted by Gasteiger charge is -2.11. The van der Waals surface area contributed by atoms with Gasteiger partial charge in [0.05, 0.1) is 16.5 Å². The summed E-state index contributed by atoms with van der Waals surface area (Å²) in [4.78, 5) is 31.4. The van der Waals surface area contributed by atoms with Crippen molar-refractivity contribution >= 4 is 55.3 Å². The number of rotatable bonds is 11. The molecular formula is C18H23BrN6O5S. The summed E-state index contributed by atoms with van der Waals surface area (Å²) in [6.45, 7) is 0.727. The number of sulfonamides is 1.